The van der Waals surface area contributed by atoms with Crippen molar-refractivity contribution in [2.45, 2.75) is 16.8 Å². The highest BCUT2D eigenvalue weighted by atomic mass is 35.5. The molecule has 2 aromatic carbocycles. The number of aromatic nitrogens is 10. The Morgan fingerprint density at radius 2 is 1.38 bits per heavy atom. The summed E-state index contributed by atoms with van der Waals surface area (Å²) in [5.74, 6) is 3.09. The highest BCUT2D eigenvalue weighted by Crippen LogP contribution is 2.23. The lowest BCUT2D eigenvalue weighted by molar-refractivity contribution is 0.844. The number of imidazole rings is 3. The molecule has 262 valence electrons. The topological polar surface area (TPSA) is 124 Å². The molecule has 0 fully saturated rings. The number of hydrogen-bond donors (Lipinski definition) is 2. The first-order valence-corrected chi connectivity index (χ1v) is 18.0. The Morgan fingerprint density at radius 3 is 1.98 bits per heavy atom. The van der Waals surface area contributed by atoms with Crippen molar-refractivity contribution < 1.29 is 0 Å². The van der Waals surface area contributed by atoms with Crippen LogP contribution in [0.4, 0.5) is 0 Å². The molecule has 12 nitrogen and oxygen atoms in total. The molecule has 0 radical (unpaired) electrons. The van der Waals surface area contributed by atoms with Gasteiger partial charge in [-0.15, -0.1) is 16.7 Å². The molecule has 0 aliphatic rings. The van der Waals surface area contributed by atoms with Crippen LogP contribution in [0.25, 0.3) is 28.2 Å². The van der Waals surface area contributed by atoms with Crippen molar-refractivity contribution in [1.29, 1.82) is 5.41 Å². The van der Waals surface area contributed by atoms with Gasteiger partial charge in [0.2, 0.25) is 5.16 Å². The molecule has 0 amide bonds. The second-order valence-electron chi connectivity index (χ2n) is 11.2. The third-order valence-corrected chi connectivity index (χ3v) is 8.95. The second kappa shape index (κ2) is 17.4. The van der Waals surface area contributed by atoms with Gasteiger partial charge in [-0.25, -0.2) is 29.1 Å². The number of nitrogens with one attached hydrogen (secondary N) is 2. The molecule has 0 bridgehead atoms. The summed E-state index contributed by atoms with van der Waals surface area (Å²) < 4.78 is 8.99. The SMILES string of the molecule is Cn1cc(-c2ccccc2)nc1CCl.Cn1cc(-c2ccccc2)nc1CSc1nc2ccccn2n1.N=c1ccccn1NC(=S)n1ccnc1. The van der Waals surface area contributed by atoms with E-state index in [4.69, 9.17) is 34.2 Å². The maximum absolute atomic E-state index is 7.61. The van der Waals surface area contributed by atoms with Gasteiger partial charge in [0, 0.05) is 62.4 Å². The van der Waals surface area contributed by atoms with E-state index < -0.39 is 0 Å². The molecule has 8 aromatic rings. The van der Waals surface area contributed by atoms with E-state index in [0.29, 0.717) is 16.5 Å². The molecule has 15 heteroatoms. The zero-order chi connectivity index (χ0) is 36.3. The first kappa shape index (κ1) is 36.0. The molecule has 0 aliphatic heterocycles. The van der Waals surface area contributed by atoms with Gasteiger partial charge in [0.15, 0.2) is 10.8 Å². The van der Waals surface area contributed by atoms with Gasteiger partial charge in [-0.2, -0.15) is 0 Å². The molecular formula is C37H35ClN12S2. The molecule has 0 saturated heterocycles. The molecule has 0 unspecified atom stereocenters. The Morgan fingerprint density at radius 1 is 0.769 bits per heavy atom. The van der Waals surface area contributed by atoms with Crippen molar-refractivity contribution in [3.8, 4) is 22.5 Å². The van der Waals surface area contributed by atoms with Gasteiger partial charge < -0.3 is 9.13 Å². The molecule has 2 N–H and O–H groups in total. The largest absolute Gasteiger partial charge is 0.337 e. The number of benzene rings is 2. The van der Waals surface area contributed by atoms with E-state index in [1.54, 1.807) is 57.9 Å². The Labute approximate surface area is 314 Å². The van der Waals surface area contributed by atoms with Crippen LogP contribution in [0, 0.1) is 5.41 Å². The minimum atomic E-state index is 0.333. The summed E-state index contributed by atoms with van der Waals surface area (Å²) in [5, 5.41) is 13.3. The third-order valence-electron chi connectivity index (χ3n) is 7.57. The molecule has 0 spiro atoms. The average Bonchev–Trinajstić information content (AvgIpc) is 4.00. The summed E-state index contributed by atoms with van der Waals surface area (Å²) in [6, 6.07) is 31.4. The summed E-state index contributed by atoms with van der Waals surface area (Å²) in [6.45, 7) is 0. The van der Waals surface area contributed by atoms with Gasteiger partial charge in [-0.05, 0) is 36.5 Å². The van der Waals surface area contributed by atoms with Crippen LogP contribution in [0.3, 0.4) is 0 Å². The lowest BCUT2D eigenvalue weighted by atomic mass is 10.2. The summed E-state index contributed by atoms with van der Waals surface area (Å²) in [7, 11) is 3.98. The normalized spacial score (nSPS) is 10.6. The summed E-state index contributed by atoms with van der Waals surface area (Å²) in [4.78, 5) is 17.5. The fourth-order valence-corrected chi connectivity index (χ4v) is 6.13. The summed E-state index contributed by atoms with van der Waals surface area (Å²) >= 11 is 12.5. The molecule has 0 aliphatic carbocycles. The zero-order valence-electron chi connectivity index (χ0n) is 28.4. The fourth-order valence-electron chi connectivity index (χ4n) is 4.85. The quantitative estimate of drug-likeness (QED) is 0.104. The van der Waals surface area contributed by atoms with E-state index in [0.717, 1.165) is 50.7 Å². The van der Waals surface area contributed by atoms with Crippen molar-refractivity contribution in [2.75, 3.05) is 5.43 Å². The first-order chi connectivity index (χ1) is 25.4. The van der Waals surface area contributed by atoms with Crippen LogP contribution in [0.1, 0.15) is 11.6 Å². The van der Waals surface area contributed by atoms with Crippen LogP contribution < -0.4 is 10.9 Å². The van der Waals surface area contributed by atoms with E-state index in [2.05, 4.69) is 48.4 Å². The minimum absolute atomic E-state index is 0.333. The van der Waals surface area contributed by atoms with Crippen LogP contribution in [0.5, 0.6) is 0 Å². The fraction of sp³-hybridized carbons (Fsp3) is 0.108. The molecule has 0 atom stereocenters. The first-order valence-electron chi connectivity index (χ1n) is 16.0. The van der Waals surface area contributed by atoms with Crippen LogP contribution >= 0.6 is 35.6 Å². The van der Waals surface area contributed by atoms with E-state index >= 15 is 0 Å². The highest BCUT2D eigenvalue weighted by Gasteiger charge is 2.10. The Balaban J connectivity index is 0.000000140. The maximum atomic E-state index is 7.61. The van der Waals surface area contributed by atoms with Crippen molar-refractivity contribution in [3.63, 3.8) is 0 Å². The number of alkyl halides is 1. The van der Waals surface area contributed by atoms with Crippen LogP contribution in [0.2, 0.25) is 0 Å². The number of nitrogens with zero attached hydrogens (tertiary/aromatic N) is 10. The number of fused-ring (bicyclic) bond motifs is 1. The van der Waals surface area contributed by atoms with Crippen molar-refractivity contribution >= 4 is 46.3 Å². The third kappa shape index (κ3) is 9.28. The number of pyridine rings is 2. The van der Waals surface area contributed by atoms with E-state index in [1.165, 1.54) is 4.68 Å². The van der Waals surface area contributed by atoms with E-state index in [9.17, 15) is 0 Å². The summed E-state index contributed by atoms with van der Waals surface area (Å²) in [6.07, 6.45) is 12.7. The van der Waals surface area contributed by atoms with Crippen LogP contribution in [-0.4, -0.2) is 53.0 Å². The van der Waals surface area contributed by atoms with E-state index in [-0.39, 0.29) is 0 Å². The van der Waals surface area contributed by atoms with Crippen molar-refractivity contribution in [3.05, 3.63) is 158 Å². The van der Waals surface area contributed by atoms with Gasteiger partial charge in [-0.1, -0.05) is 84.6 Å². The van der Waals surface area contributed by atoms with Crippen LogP contribution in [-0.2, 0) is 25.7 Å². The lowest BCUT2D eigenvalue weighted by Crippen LogP contribution is -2.34. The average molecular weight is 747 g/mol. The number of hydrogen-bond acceptors (Lipinski definition) is 8. The number of halogens is 1. The second-order valence-corrected chi connectivity index (χ2v) is 12.8. The highest BCUT2D eigenvalue weighted by molar-refractivity contribution is 7.98. The maximum Gasteiger partial charge on any atom is 0.209 e. The van der Waals surface area contributed by atoms with Crippen molar-refractivity contribution in [1.82, 2.24) is 47.9 Å². The molecule has 6 heterocycles. The predicted molar refractivity (Wildman–Crippen MR) is 209 cm³/mol. The Hall–Kier alpha value is -5.83. The van der Waals surface area contributed by atoms with Gasteiger partial charge >= 0.3 is 0 Å². The van der Waals surface area contributed by atoms with Gasteiger partial charge in [0.25, 0.3) is 0 Å². The molecule has 8 rings (SSSR count). The molecule has 6 aromatic heterocycles. The van der Waals surface area contributed by atoms with E-state index in [1.807, 2.05) is 104 Å². The minimum Gasteiger partial charge on any atom is -0.337 e. The Bertz CT molecular complexity index is 2370. The monoisotopic (exact) mass is 746 g/mol. The van der Waals surface area contributed by atoms with Gasteiger partial charge in [0.05, 0.1) is 23.0 Å². The van der Waals surface area contributed by atoms with Gasteiger partial charge in [0.1, 0.15) is 23.5 Å². The van der Waals surface area contributed by atoms with Crippen LogP contribution in [0.15, 0.2) is 146 Å². The Kier molecular flexibility index (Phi) is 12.0. The standard InChI is InChI=1S/C17H15N5S.C11H11ClN2.C9H9N5S/c1-21-11-14(13-7-3-2-4-8-13)18-16(21)12-23-17-19-15-9-5-6-10-22(15)20-17;1-14-8-10(13-11(14)7-12)9-5-3-2-4-6-9;10-8-3-1-2-5-14(8)12-9(15)13-6-4-11-7-13/h2-11H,12H2,1H3;2-6,8H,7H2,1H3;1-7,10H,(H,12,15). The smallest absolute Gasteiger partial charge is 0.209 e. The molecule has 0 saturated carbocycles. The van der Waals surface area contributed by atoms with Gasteiger partial charge in [-0.3, -0.25) is 15.4 Å². The zero-order valence-corrected chi connectivity index (χ0v) is 30.7. The molecular weight excluding hydrogens is 712 g/mol. The molecule has 52 heavy (non-hydrogen) atoms. The number of thiocarbonyl (C=S) groups is 1. The predicted octanol–water partition coefficient (Wildman–Crippen LogP) is 6.79. The number of aryl methyl sites for hydroxylation is 2. The summed E-state index contributed by atoms with van der Waals surface area (Å²) in [5.41, 5.74) is 8.31. The number of thioether (sulfide) groups is 1. The van der Waals surface area contributed by atoms with Crippen molar-refractivity contribution in [2.24, 2.45) is 14.1 Å². The lowest BCUT2D eigenvalue weighted by Gasteiger charge is -2.10. The number of rotatable bonds is 7.